The standard InChI is InChI=1S/C44H27N3/c1-2-12-30(13-3-1)47-40-19-9-7-16-34(40)38-27-29(21-25-41(38)47)31-23-24-35(33-15-5-4-14-32(31)33)42-36-17-6-8-18-39(36)46-44-37(42)22-20-28-11-10-26-45-43(28)44/h1-27H. The highest BCUT2D eigenvalue weighted by Crippen LogP contribution is 2.43. The summed E-state index contributed by atoms with van der Waals surface area (Å²) in [5.74, 6) is 0. The van der Waals surface area contributed by atoms with Crippen LogP contribution in [-0.2, 0) is 0 Å². The first kappa shape index (κ1) is 26.0. The number of fused-ring (bicyclic) bond motifs is 8. The van der Waals surface area contributed by atoms with E-state index in [-0.39, 0.29) is 0 Å². The number of hydrogen-bond donors (Lipinski definition) is 0. The minimum absolute atomic E-state index is 0.931. The van der Waals surface area contributed by atoms with Gasteiger partial charge >= 0.3 is 0 Å². The Morgan fingerprint density at radius 3 is 2.00 bits per heavy atom. The van der Waals surface area contributed by atoms with E-state index in [4.69, 9.17) is 9.97 Å². The van der Waals surface area contributed by atoms with Crippen LogP contribution in [0.2, 0.25) is 0 Å². The molecule has 10 rings (SSSR count). The fraction of sp³-hybridized carbons (Fsp3) is 0. The summed E-state index contributed by atoms with van der Waals surface area (Å²) in [5.41, 5.74) is 11.2. The molecule has 0 saturated carbocycles. The normalized spacial score (nSPS) is 11.8. The summed E-state index contributed by atoms with van der Waals surface area (Å²) in [7, 11) is 0. The quantitative estimate of drug-likeness (QED) is 0.150. The Bertz CT molecular complexity index is 2850. The van der Waals surface area contributed by atoms with E-state index in [0.29, 0.717) is 0 Å². The average molecular weight is 598 g/mol. The maximum absolute atomic E-state index is 5.15. The van der Waals surface area contributed by atoms with Crippen molar-refractivity contribution in [1.29, 1.82) is 0 Å². The summed E-state index contributed by atoms with van der Waals surface area (Å²) in [6.45, 7) is 0. The van der Waals surface area contributed by atoms with Gasteiger partial charge in [0.25, 0.3) is 0 Å². The molecule has 0 aliphatic carbocycles. The van der Waals surface area contributed by atoms with Crippen molar-refractivity contribution in [3.63, 3.8) is 0 Å². The van der Waals surface area contributed by atoms with Crippen LogP contribution in [0.4, 0.5) is 0 Å². The van der Waals surface area contributed by atoms with E-state index in [0.717, 1.165) is 32.7 Å². The predicted molar refractivity (Wildman–Crippen MR) is 197 cm³/mol. The molecule has 7 aromatic carbocycles. The highest BCUT2D eigenvalue weighted by molar-refractivity contribution is 6.20. The van der Waals surface area contributed by atoms with Gasteiger partial charge in [-0.3, -0.25) is 4.98 Å². The van der Waals surface area contributed by atoms with E-state index in [1.165, 1.54) is 60.5 Å². The van der Waals surface area contributed by atoms with Crippen LogP contribution in [0.15, 0.2) is 164 Å². The van der Waals surface area contributed by atoms with Gasteiger partial charge in [0.15, 0.2) is 0 Å². The summed E-state index contributed by atoms with van der Waals surface area (Å²) in [4.78, 5) is 9.92. The molecular formula is C44H27N3. The number of para-hydroxylation sites is 3. The lowest BCUT2D eigenvalue weighted by molar-refractivity contribution is 1.18. The van der Waals surface area contributed by atoms with Gasteiger partial charge in [0.2, 0.25) is 0 Å². The van der Waals surface area contributed by atoms with E-state index in [1.807, 2.05) is 12.3 Å². The van der Waals surface area contributed by atoms with E-state index >= 15 is 0 Å². The minimum Gasteiger partial charge on any atom is -0.309 e. The summed E-state index contributed by atoms with van der Waals surface area (Å²) in [6.07, 6.45) is 1.86. The first-order valence-corrected chi connectivity index (χ1v) is 16.0. The van der Waals surface area contributed by atoms with Gasteiger partial charge in [0.05, 0.1) is 27.6 Å². The van der Waals surface area contributed by atoms with Crippen molar-refractivity contribution in [3.8, 4) is 27.9 Å². The van der Waals surface area contributed by atoms with Gasteiger partial charge in [0, 0.05) is 44.4 Å². The minimum atomic E-state index is 0.931. The molecule has 0 amide bonds. The van der Waals surface area contributed by atoms with Crippen LogP contribution in [-0.4, -0.2) is 14.5 Å². The molecule has 0 atom stereocenters. The Balaban J connectivity index is 1.24. The van der Waals surface area contributed by atoms with E-state index in [2.05, 4.69) is 156 Å². The van der Waals surface area contributed by atoms with Crippen molar-refractivity contribution in [2.75, 3.05) is 0 Å². The third-order valence-electron chi connectivity index (χ3n) is 9.61. The van der Waals surface area contributed by atoms with Gasteiger partial charge in [-0.15, -0.1) is 0 Å². The third-order valence-corrected chi connectivity index (χ3v) is 9.61. The maximum atomic E-state index is 5.15. The highest BCUT2D eigenvalue weighted by Gasteiger charge is 2.18. The topological polar surface area (TPSA) is 30.7 Å². The SMILES string of the molecule is c1ccc(-n2c3ccccc3c3cc(-c4ccc(-c5c6ccccc6nc6c5ccc5cccnc56)c5ccccc45)ccc32)cc1. The molecule has 3 heteroatoms. The lowest BCUT2D eigenvalue weighted by Gasteiger charge is -2.16. The van der Waals surface area contributed by atoms with Crippen LogP contribution in [0, 0.1) is 0 Å². The molecule has 0 bridgehead atoms. The second kappa shape index (κ2) is 10.1. The molecule has 218 valence electrons. The summed E-state index contributed by atoms with van der Waals surface area (Å²) < 4.78 is 2.37. The van der Waals surface area contributed by atoms with Gasteiger partial charge in [-0.25, -0.2) is 4.98 Å². The van der Waals surface area contributed by atoms with Crippen LogP contribution >= 0.6 is 0 Å². The first-order valence-electron chi connectivity index (χ1n) is 16.0. The van der Waals surface area contributed by atoms with Gasteiger partial charge in [-0.2, -0.15) is 0 Å². The molecule has 3 heterocycles. The predicted octanol–water partition coefficient (Wildman–Crippen LogP) is 11.5. The molecule has 3 aromatic heterocycles. The molecule has 10 aromatic rings. The van der Waals surface area contributed by atoms with Crippen LogP contribution in [0.5, 0.6) is 0 Å². The van der Waals surface area contributed by atoms with Crippen LogP contribution < -0.4 is 0 Å². The second-order valence-corrected chi connectivity index (χ2v) is 12.2. The first-order chi connectivity index (χ1) is 23.3. The molecule has 0 unspecified atom stereocenters. The van der Waals surface area contributed by atoms with Crippen LogP contribution in [0.3, 0.4) is 0 Å². The zero-order chi connectivity index (χ0) is 30.9. The molecule has 0 saturated heterocycles. The fourth-order valence-corrected chi connectivity index (χ4v) is 7.55. The molecule has 0 aliphatic rings. The van der Waals surface area contributed by atoms with Gasteiger partial charge in [-0.05, 0) is 69.9 Å². The monoisotopic (exact) mass is 597 g/mol. The lowest BCUT2D eigenvalue weighted by Crippen LogP contribution is -1.93. The van der Waals surface area contributed by atoms with Crippen molar-refractivity contribution < 1.29 is 0 Å². The number of benzene rings is 7. The van der Waals surface area contributed by atoms with Crippen molar-refractivity contribution >= 4 is 65.3 Å². The molecule has 47 heavy (non-hydrogen) atoms. The Morgan fingerprint density at radius 2 is 1.13 bits per heavy atom. The van der Waals surface area contributed by atoms with Crippen LogP contribution in [0.1, 0.15) is 0 Å². The Morgan fingerprint density at radius 1 is 0.426 bits per heavy atom. The zero-order valence-corrected chi connectivity index (χ0v) is 25.4. The molecule has 0 fully saturated rings. The van der Waals surface area contributed by atoms with Gasteiger partial charge in [0.1, 0.15) is 0 Å². The summed E-state index contributed by atoms with van der Waals surface area (Å²) in [6, 6.07) is 56.6. The second-order valence-electron chi connectivity index (χ2n) is 12.2. The van der Waals surface area contributed by atoms with Gasteiger partial charge in [-0.1, -0.05) is 115 Å². The summed E-state index contributed by atoms with van der Waals surface area (Å²) >= 11 is 0. The lowest BCUT2D eigenvalue weighted by atomic mass is 9.88. The Labute approximate surface area is 271 Å². The maximum Gasteiger partial charge on any atom is 0.0978 e. The average Bonchev–Trinajstić information content (AvgIpc) is 3.47. The molecule has 0 spiro atoms. The third kappa shape index (κ3) is 3.87. The van der Waals surface area contributed by atoms with Crippen molar-refractivity contribution in [2.45, 2.75) is 0 Å². The van der Waals surface area contributed by atoms with Crippen molar-refractivity contribution in [3.05, 3.63) is 164 Å². The Kier molecular flexibility index (Phi) is 5.57. The van der Waals surface area contributed by atoms with Crippen molar-refractivity contribution in [1.82, 2.24) is 14.5 Å². The van der Waals surface area contributed by atoms with E-state index < -0.39 is 0 Å². The van der Waals surface area contributed by atoms with Crippen molar-refractivity contribution in [2.24, 2.45) is 0 Å². The number of nitrogens with zero attached hydrogens (tertiary/aromatic N) is 3. The van der Waals surface area contributed by atoms with E-state index in [1.54, 1.807) is 0 Å². The number of aromatic nitrogens is 3. The smallest absolute Gasteiger partial charge is 0.0978 e. The number of hydrogen-bond acceptors (Lipinski definition) is 2. The molecule has 0 aliphatic heterocycles. The molecule has 3 nitrogen and oxygen atoms in total. The van der Waals surface area contributed by atoms with E-state index in [9.17, 15) is 0 Å². The molecular weight excluding hydrogens is 571 g/mol. The molecule has 0 radical (unpaired) electrons. The summed E-state index contributed by atoms with van der Waals surface area (Å²) in [5, 5.41) is 8.30. The largest absolute Gasteiger partial charge is 0.309 e. The van der Waals surface area contributed by atoms with Crippen LogP contribution in [0.25, 0.3) is 93.2 Å². The van der Waals surface area contributed by atoms with Gasteiger partial charge < -0.3 is 4.57 Å². The molecule has 0 N–H and O–H groups in total. The number of pyridine rings is 2. The number of rotatable bonds is 3. The zero-order valence-electron chi connectivity index (χ0n) is 25.4. The Hall–Kier alpha value is -6.32. The fourth-order valence-electron chi connectivity index (χ4n) is 7.55. The highest BCUT2D eigenvalue weighted by atomic mass is 15.0.